The molecule has 1 aliphatic carbocycles. The maximum absolute atomic E-state index is 12.5. The molecule has 1 aromatic heterocycles. The molecule has 4 nitrogen and oxygen atoms in total. The van der Waals surface area contributed by atoms with Crippen LogP contribution in [0.25, 0.3) is 0 Å². The summed E-state index contributed by atoms with van der Waals surface area (Å²) in [6.07, 6.45) is 5.50. The second kappa shape index (κ2) is 6.23. The van der Waals surface area contributed by atoms with E-state index in [9.17, 15) is 8.42 Å². The summed E-state index contributed by atoms with van der Waals surface area (Å²) < 4.78 is 27.9. The second-order valence-corrected chi connectivity index (χ2v) is 8.90. The molecule has 1 aliphatic rings. The van der Waals surface area contributed by atoms with Gasteiger partial charge in [0.1, 0.15) is 10.0 Å². The summed E-state index contributed by atoms with van der Waals surface area (Å²) in [7, 11) is -3.54. The van der Waals surface area contributed by atoms with Crippen LogP contribution in [0.2, 0.25) is 5.15 Å². The molecule has 0 saturated heterocycles. The summed E-state index contributed by atoms with van der Waals surface area (Å²) in [4.78, 5) is 4.02. The van der Waals surface area contributed by atoms with Crippen molar-refractivity contribution in [2.45, 2.75) is 57.4 Å². The molecule has 1 saturated carbocycles. The molecule has 21 heavy (non-hydrogen) atoms. The minimum atomic E-state index is -3.54. The molecule has 1 fully saturated rings. The highest BCUT2D eigenvalue weighted by Crippen LogP contribution is 2.38. The Hall–Kier alpha value is -0.650. The first-order valence-electron chi connectivity index (χ1n) is 7.34. The molecule has 0 aromatic carbocycles. The molecule has 0 spiro atoms. The Bertz CT molecular complexity index is 579. The van der Waals surface area contributed by atoms with E-state index in [0.29, 0.717) is 11.1 Å². The molecule has 1 N–H and O–H groups in total. The van der Waals surface area contributed by atoms with Gasteiger partial charge in [-0.3, -0.25) is 0 Å². The Morgan fingerprint density at radius 3 is 2.48 bits per heavy atom. The van der Waals surface area contributed by atoms with Crippen LogP contribution in [-0.2, 0) is 10.0 Å². The predicted octanol–water partition coefficient (Wildman–Crippen LogP) is 3.62. The van der Waals surface area contributed by atoms with Crippen molar-refractivity contribution in [1.29, 1.82) is 0 Å². The lowest BCUT2D eigenvalue weighted by Crippen LogP contribution is -2.46. The highest BCUT2D eigenvalue weighted by molar-refractivity contribution is 7.89. The van der Waals surface area contributed by atoms with E-state index in [2.05, 4.69) is 30.5 Å². The Balaban J connectivity index is 2.20. The molecule has 0 aliphatic heterocycles. The molecule has 1 heterocycles. The molecule has 2 unspecified atom stereocenters. The maximum atomic E-state index is 12.5. The lowest BCUT2D eigenvalue weighted by molar-refractivity contribution is 0.144. The Labute approximate surface area is 132 Å². The van der Waals surface area contributed by atoms with Gasteiger partial charge in [-0.2, -0.15) is 0 Å². The fourth-order valence-electron chi connectivity index (χ4n) is 3.10. The van der Waals surface area contributed by atoms with Gasteiger partial charge < -0.3 is 0 Å². The second-order valence-electron chi connectivity index (χ2n) is 6.80. The number of hydrogen-bond acceptors (Lipinski definition) is 3. The lowest BCUT2D eigenvalue weighted by Gasteiger charge is -2.40. The molecular formula is C15H23ClN2O2S. The Morgan fingerprint density at radius 2 is 1.90 bits per heavy atom. The molecule has 0 bridgehead atoms. The van der Waals surface area contributed by atoms with Crippen molar-refractivity contribution in [2.75, 3.05) is 0 Å². The molecule has 0 radical (unpaired) electrons. The van der Waals surface area contributed by atoms with Gasteiger partial charge in [-0.1, -0.05) is 45.2 Å². The van der Waals surface area contributed by atoms with Crippen LogP contribution in [0, 0.1) is 11.3 Å². The fraction of sp³-hybridized carbons (Fsp3) is 0.667. The number of sulfonamides is 1. The van der Waals surface area contributed by atoms with Crippen LogP contribution >= 0.6 is 11.6 Å². The van der Waals surface area contributed by atoms with Gasteiger partial charge in [-0.25, -0.2) is 18.1 Å². The zero-order valence-corrected chi connectivity index (χ0v) is 14.3. The molecular weight excluding hydrogens is 308 g/mol. The molecule has 2 rings (SSSR count). The number of pyridine rings is 1. The minimum Gasteiger partial charge on any atom is -0.243 e. The molecule has 2 atom stereocenters. The highest BCUT2D eigenvalue weighted by atomic mass is 35.5. The van der Waals surface area contributed by atoms with Crippen molar-refractivity contribution >= 4 is 21.6 Å². The third-order valence-corrected chi connectivity index (χ3v) is 5.89. The van der Waals surface area contributed by atoms with Crippen LogP contribution in [0.3, 0.4) is 0 Å². The van der Waals surface area contributed by atoms with Crippen molar-refractivity contribution in [1.82, 2.24) is 9.71 Å². The number of halogens is 1. The van der Waals surface area contributed by atoms with Gasteiger partial charge in [0.2, 0.25) is 10.0 Å². The summed E-state index contributed by atoms with van der Waals surface area (Å²) in [6.45, 7) is 6.52. The number of hydrogen-bond donors (Lipinski definition) is 1. The van der Waals surface area contributed by atoms with E-state index in [1.54, 1.807) is 0 Å². The standard InChI is InChI=1S/C15H23ClN2O2S/c1-15(2,3)12-6-4-5-7-13(12)18-21(19,20)11-8-9-14(16)17-10-11/h8-10,12-13,18H,4-7H2,1-3H3. The molecule has 1 aromatic rings. The molecule has 0 amide bonds. The van der Waals surface area contributed by atoms with Gasteiger partial charge >= 0.3 is 0 Å². The smallest absolute Gasteiger partial charge is 0.242 e. The van der Waals surface area contributed by atoms with Gasteiger partial charge in [0, 0.05) is 12.2 Å². The van der Waals surface area contributed by atoms with Crippen LogP contribution in [-0.4, -0.2) is 19.4 Å². The fourth-order valence-corrected chi connectivity index (χ4v) is 4.46. The van der Waals surface area contributed by atoms with Crippen molar-refractivity contribution in [3.8, 4) is 0 Å². The zero-order chi connectivity index (χ0) is 15.7. The first-order chi connectivity index (χ1) is 9.70. The van der Waals surface area contributed by atoms with Gasteiger partial charge in [0.25, 0.3) is 0 Å². The predicted molar refractivity (Wildman–Crippen MR) is 84.8 cm³/mol. The largest absolute Gasteiger partial charge is 0.243 e. The average molecular weight is 331 g/mol. The van der Waals surface area contributed by atoms with E-state index in [1.807, 2.05) is 0 Å². The highest BCUT2D eigenvalue weighted by Gasteiger charge is 2.36. The minimum absolute atomic E-state index is 0.0144. The zero-order valence-electron chi connectivity index (χ0n) is 12.8. The van der Waals surface area contributed by atoms with Crippen molar-refractivity contribution < 1.29 is 8.42 Å². The third-order valence-electron chi connectivity index (χ3n) is 4.20. The van der Waals surface area contributed by atoms with Crippen LogP contribution in [0.4, 0.5) is 0 Å². The first kappa shape index (κ1) is 16.7. The van der Waals surface area contributed by atoms with E-state index in [4.69, 9.17) is 11.6 Å². The number of rotatable bonds is 3. The molecule has 6 heteroatoms. The van der Waals surface area contributed by atoms with Crippen LogP contribution < -0.4 is 4.72 Å². The number of nitrogens with zero attached hydrogens (tertiary/aromatic N) is 1. The van der Waals surface area contributed by atoms with Crippen LogP contribution in [0.1, 0.15) is 46.5 Å². The Kier molecular flexibility index (Phi) is 4.96. The van der Waals surface area contributed by atoms with Gasteiger partial charge in [0.05, 0.1) is 0 Å². The normalized spacial score (nSPS) is 24.0. The average Bonchev–Trinajstić information content (AvgIpc) is 2.38. The van der Waals surface area contributed by atoms with Crippen molar-refractivity contribution in [2.24, 2.45) is 11.3 Å². The van der Waals surface area contributed by atoms with Gasteiger partial charge in [0.15, 0.2) is 0 Å². The monoisotopic (exact) mass is 330 g/mol. The number of nitrogens with one attached hydrogen (secondary N) is 1. The van der Waals surface area contributed by atoms with E-state index in [0.717, 1.165) is 19.3 Å². The van der Waals surface area contributed by atoms with E-state index in [1.165, 1.54) is 24.8 Å². The van der Waals surface area contributed by atoms with Crippen LogP contribution in [0.15, 0.2) is 23.2 Å². The SMILES string of the molecule is CC(C)(C)C1CCCCC1NS(=O)(=O)c1ccc(Cl)nc1. The first-order valence-corrected chi connectivity index (χ1v) is 9.20. The lowest BCUT2D eigenvalue weighted by atomic mass is 9.70. The van der Waals surface area contributed by atoms with Crippen molar-refractivity contribution in [3.63, 3.8) is 0 Å². The third kappa shape index (κ3) is 4.18. The van der Waals surface area contributed by atoms with E-state index >= 15 is 0 Å². The topological polar surface area (TPSA) is 59.1 Å². The maximum Gasteiger partial charge on any atom is 0.242 e. The quantitative estimate of drug-likeness (QED) is 0.861. The summed E-state index contributed by atoms with van der Waals surface area (Å²) in [5.41, 5.74) is 0.0891. The molecule has 118 valence electrons. The Morgan fingerprint density at radius 1 is 1.24 bits per heavy atom. The van der Waals surface area contributed by atoms with Gasteiger partial charge in [-0.05, 0) is 36.3 Å². The summed E-state index contributed by atoms with van der Waals surface area (Å²) in [5.74, 6) is 0.348. The summed E-state index contributed by atoms with van der Waals surface area (Å²) in [5, 5.41) is 0.291. The number of aromatic nitrogens is 1. The van der Waals surface area contributed by atoms with Crippen LogP contribution in [0.5, 0.6) is 0 Å². The van der Waals surface area contributed by atoms with E-state index < -0.39 is 10.0 Å². The summed E-state index contributed by atoms with van der Waals surface area (Å²) >= 11 is 5.71. The van der Waals surface area contributed by atoms with Gasteiger partial charge in [-0.15, -0.1) is 0 Å². The van der Waals surface area contributed by atoms with E-state index in [-0.39, 0.29) is 16.4 Å². The van der Waals surface area contributed by atoms with Crippen molar-refractivity contribution in [3.05, 3.63) is 23.5 Å². The summed E-state index contributed by atoms with van der Waals surface area (Å²) in [6, 6.07) is 2.98.